The lowest BCUT2D eigenvalue weighted by Crippen LogP contribution is -2.43. The Balaban J connectivity index is 2.09. The molecule has 8 heteroatoms. The Morgan fingerprint density at radius 1 is 1.24 bits per heavy atom. The third kappa shape index (κ3) is 8.22. The van der Waals surface area contributed by atoms with Crippen LogP contribution in [0.25, 0.3) is 0 Å². The number of methoxy groups -OCH3 is 1. The number of rotatable bonds is 10. The highest BCUT2D eigenvalue weighted by Crippen LogP contribution is 2.27. The quantitative estimate of drug-likeness (QED) is 0.443. The highest BCUT2D eigenvalue weighted by Gasteiger charge is 2.23. The monoisotopic (exact) mass is 424 g/mol. The minimum Gasteiger partial charge on any atom is -0.497 e. The van der Waals surface area contributed by atoms with E-state index in [-0.39, 0.29) is 17.8 Å². The number of nitrogens with zero attached hydrogens (tertiary/aromatic N) is 2. The Labute approximate surface area is 175 Å². The van der Waals surface area contributed by atoms with E-state index in [0.29, 0.717) is 13.0 Å². The van der Waals surface area contributed by atoms with Crippen molar-refractivity contribution in [1.29, 1.82) is 0 Å². The molecule has 0 amide bonds. The van der Waals surface area contributed by atoms with E-state index in [0.717, 1.165) is 31.3 Å². The SMILES string of the molecule is CCNC(=NCC(c1ccc(OC)cc1)N1CCCC1)NC(C)CCS(C)(=O)=O. The van der Waals surface area contributed by atoms with Gasteiger partial charge in [-0.15, -0.1) is 0 Å². The van der Waals surface area contributed by atoms with Gasteiger partial charge in [-0.05, 0) is 63.9 Å². The van der Waals surface area contributed by atoms with Gasteiger partial charge in [-0.2, -0.15) is 0 Å². The molecule has 1 aromatic carbocycles. The van der Waals surface area contributed by atoms with Crippen molar-refractivity contribution in [2.75, 3.05) is 45.3 Å². The van der Waals surface area contributed by atoms with Gasteiger partial charge in [-0.3, -0.25) is 9.89 Å². The second-order valence-corrected chi connectivity index (χ2v) is 9.98. The van der Waals surface area contributed by atoms with Gasteiger partial charge in [-0.1, -0.05) is 12.1 Å². The number of likely N-dealkylation sites (tertiary alicyclic amines) is 1. The highest BCUT2D eigenvalue weighted by molar-refractivity contribution is 7.90. The first-order valence-corrected chi connectivity index (χ1v) is 12.5. The van der Waals surface area contributed by atoms with E-state index in [2.05, 4.69) is 27.7 Å². The van der Waals surface area contributed by atoms with Crippen LogP contribution in [-0.4, -0.2) is 70.6 Å². The van der Waals surface area contributed by atoms with Crippen LogP contribution < -0.4 is 15.4 Å². The molecular formula is C21H36N4O3S. The topological polar surface area (TPSA) is 83.0 Å². The van der Waals surface area contributed by atoms with Crippen LogP contribution in [-0.2, 0) is 9.84 Å². The summed E-state index contributed by atoms with van der Waals surface area (Å²) in [6.45, 7) is 7.57. The minimum atomic E-state index is -2.96. The van der Waals surface area contributed by atoms with Crippen LogP contribution in [0.4, 0.5) is 0 Å². The molecule has 0 aliphatic carbocycles. The molecule has 1 aromatic rings. The molecular weight excluding hydrogens is 388 g/mol. The number of ether oxygens (including phenoxy) is 1. The van der Waals surface area contributed by atoms with Gasteiger partial charge in [0.1, 0.15) is 15.6 Å². The summed E-state index contributed by atoms with van der Waals surface area (Å²) in [5.41, 5.74) is 1.23. The molecule has 2 atom stereocenters. The zero-order valence-corrected chi connectivity index (χ0v) is 19.0. The first kappa shape index (κ1) is 23.5. The number of nitrogens with one attached hydrogen (secondary N) is 2. The van der Waals surface area contributed by atoms with Gasteiger partial charge in [0.05, 0.1) is 25.4 Å². The lowest BCUT2D eigenvalue weighted by Gasteiger charge is -2.27. The summed E-state index contributed by atoms with van der Waals surface area (Å²) in [5, 5.41) is 6.62. The fraction of sp³-hybridized carbons (Fsp3) is 0.667. The van der Waals surface area contributed by atoms with Gasteiger partial charge in [-0.25, -0.2) is 8.42 Å². The van der Waals surface area contributed by atoms with E-state index in [9.17, 15) is 8.42 Å². The van der Waals surface area contributed by atoms with E-state index in [1.54, 1.807) is 7.11 Å². The fourth-order valence-electron chi connectivity index (χ4n) is 3.51. The van der Waals surface area contributed by atoms with E-state index in [4.69, 9.17) is 9.73 Å². The average Bonchev–Trinajstić information content (AvgIpc) is 3.21. The summed E-state index contributed by atoms with van der Waals surface area (Å²) >= 11 is 0. The smallest absolute Gasteiger partial charge is 0.191 e. The second kappa shape index (κ2) is 11.4. The van der Waals surface area contributed by atoms with Crippen LogP contribution in [0.5, 0.6) is 5.75 Å². The summed E-state index contributed by atoms with van der Waals surface area (Å²) in [6.07, 6.45) is 4.26. The molecule has 164 valence electrons. The number of aliphatic imine (C=N–C) groups is 1. The molecule has 0 saturated carbocycles. The normalized spacial score (nSPS) is 17.7. The van der Waals surface area contributed by atoms with Crippen LogP contribution in [0.3, 0.4) is 0 Å². The molecule has 1 saturated heterocycles. The largest absolute Gasteiger partial charge is 0.497 e. The van der Waals surface area contributed by atoms with E-state index < -0.39 is 9.84 Å². The zero-order chi connectivity index (χ0) is 21.3. The van der Waals surface area contributed by atoms with Gasteiger partial charge >= 0.3 is 0 Å². The maximum absolute atomic E-state index is 11.4. The van der Waals surface area contributed by atoms with Crippen molar-refractivity contribution in [3.63, 3.8) is 0 Å². The molecule has 29 heavy (non-hydrogen) atoms. The predicted molar refractivity (Wildman–Crippen MR) is 119 cm³/mol. The van der Waals surface area contributed by atoms with Crippen LogP contribution in [0.1, 0.15) is 44.7 Å². The van der Waals surface area contributed by atoms with E-state index in [1.165, 1.54) is 24.7 Å². The van der Waals surface area contributed by atoms with Crippen LogP contribution in [0, 0.1) is 0 Å². The Bertz CT molecular complexity index is 744. The minimum absolute atomic E-state index is 0.0220. The molecule has 1 aliphatic heterocycles. The van der Waals surface area contributed by atoms with Gasteiger partial charge < -0.3 is 15.4 Å². The van der Waals surface area contributed by atoms with Gasteiger partial charge in [0.15, 0.2) is 5.96 Å². The molecule has 1 fully saturated rings. The molecule has 2 rings (SSSR count). The van der Waals surface area contributed by atoms with Gasteiger partial charge in [0.2, 0.25) is 0 Å². The Kier molecular flexibility index (Phi) is 9.23. The molecule has 0 bridgehead atoms. The van der Waals surface area contributed by atoms with E-state index in [1.807, 2.05) is 26.0 Å². The van der Waals surface area contributed by atoms with Crippen LogP contribution >= 0.6 is 0 Å². The van der Waals surface area contributed by atoms with Gasteiger partial charge in [0, 0.05) is 18.8 Å². The summed E-state index contributed by atoms with van der Waals surface area (Å²) in [5.74, 6) is 1.75. The molecule has 1 heterocycles. The molecule has 0 radical (unpaired) electrons. The predicted octanol–water partition coefficient (Wildman–Crippen LogP) is 2.21. The summed E-state index contributed by atoms with van der Waals surface area (Å²) in [4.78, 5) is 7.32. The first-order valence-electron chi connectivity index (χ1n) is 10.4. The first-order chi connectivity index (χ1) is 13.8. The van der Waals surface area contributed by atoms with Crippen molar-refractivity contribution in [2.45, 2.75) is 45.2 Å². The second-order valence-electron chi connectivity index (χ2n) is 7.72. The molecule has 0 aromatic heterocycles. The fourth-order valence-corrected chi connectivity index (χ4v) is 4.29. The Hall–Kier alpha value is -1.80. The van der Waals surface area contributed by atoms with Crippen LogP contribution in [0.2, 0.25) is 0 Å². The lowest BCUT2D eigenvalue weighted by atomic mass is 10.1. The van der Waals surface area contributed by atoms with Crippen molar-refractivity contribution in [2.24, 2.45) is 4.99 Å². The number of hydrogen-bond donors (Lipinski definition) is 2. The number of hydrogen-bond acceptors (Lipinski definition) is 5. The molecule has 0 spiro atoms. The van der Waals surface area contributed by atoms with Crippen molar-refractivity contribution in [3.05, 3.63) is 29.8 Å². The standard InChI is InChI=1S/C21H36N4O3S/c1-5-22-21(24-17(2)12-15-29(4,26)27)23-16-20(25-13-6-7-14-25)18-8-10-19(28-3)11-9-18/h8-11,17,20H,5-7,12-16H2,1-4H3,(H2,22,23,24). The summed E-state index contributed by atoms with van der Waals surface area (Å²) in [7, 11) is -1.29. The maximum Gasteiger partial charge on any atom is 0.191 e. The maximum atomic E-state index is 11.4. The molecule has 2 N–H and O–H groups in total. The number of sulfone groups is 1. The third-order valence-electron chi connectivity index (χ3n) is 5.15. The summed E-state index contributed by atoms with van der Waals surface area (Å²) in [6, 6.07) is 8.47. The van der Waals surface area contributed by atoms with E-state index >= 15 is 0 Å². The Morgan fingerprint density at radius 3 is 2.45 bits per heavy atom. The molecule has 7 nitrogen and oxygen atoms in total. The molecule has 1 aliphatic rings. The number of guanidine groups is 1. The Morgan fingerprint density at radius 2 is 1.90 bits per heavy atom. The summed E-state index contributed by atoms with van der Waals surface area (Å²) < 4.78 is 28.1. The van der Waals surface area contributed by atoms with Gasteiger partial charge in [0.25, 0.3) is 0 Å². The third-order valence-corrected chi connectivity index (χ3v) is 6.13. The van der Waals surface area contributed by atoms with Crippen molar-refractivity contribution < 1.29 is 13.2 Å². The lowest BCUT2D eigenvalue weighted by molar-refractivity contribution is 0.251. The van der Waals surface area contributed by atoms with Crippen molar-refractivity contribution >= 4 is 15.8 Å². The average molecular weight is 425 g/mol. The zero-order valence-electron chi connectivity index (χ0n) is 18.1. The highest BCUT2D eigenvalue weighted by atomic mass is 32.2. The van der Waals surface area contributed by atoms with Crippen LogP contribution in [0.15, 0.2) is 29.3 Å². The van der Waals surface area contributed by atoms with Crippen molar-refractivity contribution in [3.8, 4) is 5.75 Å². The number of benzene rings is 1. The molecule has 2 unspecified atom stereocenters. The van der Waals surface area contributed by atoms with Crippen molar-refractivity contribution in [1.82, 2.24) is 15.5 Å².